The van der Waals surface area contributed by atoms with Crippen molar-refractivity contribution in [2.75, 3.05) is 18.4 Å². The molecule has 1 N–H and O–H groups in total. The molecule has 1 aliphatic heterocycles. The molecule has 9 heteroatoms. The Kier molecular flexibility index (Phi) is 4.02. The summed E-state index contributed by atoms with van der Waals surface area (Å²) < 4.78 is 5.68. The fourth-order valence-electron chi connectivity index (χ4n) is 4.59. The molecule has 0 spiro atoms. The summed E-state index contributed by atoms with van der Waals surface area (Å²) >= 11 is 0. The smallest absolute Gasteiger partial charge is 0.297 e. The van der Waals surface area contributed by atoms with Crippen molar-refractivity contribution in [1.82, 2.24) is 29.9 Å². The molecule has 6 rings (SSSR count). The molecule has 1 saturated heterocycles. The van der Waals surface area contributed by atoms with Crippen LogP contribution in [0.1, 0.15) is 22.3 Å². The van der Waals surface area contributed by atoms with E-state index >= 15 is 0 Å². The first-order valence-corrected chi connectivity index (χ1v) is 10.4. The number of anilines is 1. The van der Waals surface area contributed by atoms with Crippen LogP contribution in [0.5, 0.6) is 0 Å². The average molecular weight is 415 g/mol. The predicted octanol–water partition coefficient (Wildman–Crippen LogP) is 2.68. The van der Waals surface area contributed by atoms with Crippen LogP contribution in [0.4, 0.5) is 6.01 Å². The lowest BCUT2D eigenvalue weighted by Crippen LogP contribution is -2.42. The van der Waals surface area contributed by atoms with E-state index in [1.807, 2.05) is 42.2 Å². The first kappa shape index (κ1) is 18.1. The number of nitrogens with zero attached hydrogens (tertiary/aromatic N) is 6. The molecule has 1 aliphatic carbocycles. The van der Waals surface area contributed by atoms with Crippen LogP contribution < -0.4 is 5.32 Å². The minimum Gasteiger partial charge on any atom is -0.404 e. The van der Waals surface area contributed by atoms with Gasteiger partial charge in [0.2, 0.25) is 5.71 Å². The van der Waals surface area contributed by atoms with Gasteiger partial charge in [-0.15, -0.1) is 0 Å². The number of benzene rings is 1. The van der Waals surface area contributed by atoms with E-state index in [0.717, 1.165) is 18.5 Å². The molecule has 0 unspecified atom stereocenters. The Labute approximate surface area is 178 Å². The number of amides is 1. The van der Waals surface area contributed by atoms with E-state index in [4.69, 9.17) is 4.42 Å². The van der Waals surface area contributed by atoms with Gasteiger partial charge < -0.3 is 14.6 Å². The molecule has 2 aliphatic rings. The predicted molar refractivity (Wildman–Crippen MR) is 113 cm³/mol. The van der Waals surface area contributed by atoms with E-state index < -0.39 is 0 Å². The van der Waals surface area contributed by atoms with Crippen molar-refractivity contribution in [3.63, 3.8) is 0 Å². The zero-order valence-electron chi connectivity index (χ0n) is 17.0. The standard InChI is InChI=1S/C22H21N7O2/c1-13-4-5-18(29-25-7-8-26-29)16(9-13)21(30)28-12-14-10-15(14)19(28)11-24-22-27-17-3-2-6-23-20(17)31-22/h2-9,14-15,19H,10-12H2,1H3,(H,24,27)/t14-,15-,19-/m1/s1. The van der Waals surface area contributed by atoms with Gasteiger partial charge in [0.05, 0.1) is 29.7 Å². The number of nitrogens with one attached hydrogen (secondary N) is 1. The summed E-state index contributed by atoms with van der Waals surface area (Å²) in [7, 11) is 0. The van der Waals surface area contributed by atoms with Crippen molar-refractivity contribution >= 4 is 23.2 Å². The molecule has 31 heavy (non-hydrogen) atoms. The number of aryl methyl sites for hydroxylation is 1. The van der Waals surface area contributed by atoms with Crippen LogP contribution in [0, 0.1) is 18.8 Å². The number of fused-ring (bicyclic) bond motifs is 2. The number of pyridine rings is 1. The zero-order chi connectivity index (χ0) is 20.9. The maximum Gasteiger partial charge on any atom is 0.297 e. The lowest BCUT2D eigenvalue weighted by Gasteiger charge is -2.28. The molecule has 1 amide bonds. The van der Waals surface area contributed by atoms with Crippen molar-refractivity contribution < 1.29 is 9.21 Å². The van der Waals surface area contributed by atoms with Gasteiger partial charge in [0.15, 0.2) is 0 Å². The van der Waals surface area contributed by atoms with Gasteiger partial charge in [-0.3, -0.25) is 4.79 Å². The minimum atomic E-state index is 0.00855. The Hall–Kier alpha value is -3.75. The van der Waals surface area contributed by atoms with Gasteiger partial charge in [-0.25, -0.2) is 4.98 Å². The first-order chi connectivity index (χ1) is 15.2. The van der Waals surface area contributed by atoms with Gasteiger partial charge in [0, 0.05) is 19.3 Å². The molecule has 3 atom stereocenters. The van der Waals surface area contributed by atoms with Crippen LogP contribution in [0.3, 0.4) is 0 Å². The number of carbonyl (C=O) groups excluding carboxylic acids is 1. The summed E-state index contributed by atoms with van der Waals surface area (Å²) in [6.07, 6.45) is 6.06. The molecule has 156 valence electrons. The Bertz CT molecular complexity index is 1230. The second-order valence-corrected chi connectivity index (χ2v) is 8.25. The number of rotatable bonds is 5. The summed E-state index contributed by atoms with van der Waals surface area (Å²) in [5.41, 5.74) is 3.55. The van der Waals surface area contributed by atoms with Gasteiger partial charge in [-0.05, 0) is 49.4 Å². The van der Waals surface area contributed by atoms with Gasteiger partial charge in [0.25, 0.3) is 11.9 Å². The molecule has 9 nitrogen and oxygen atoms in total. The first-order valence-electron chi connectivity index (χ1n) is 10.4. The number of likely N-dealkylation sites (tertiary alicyclic amines) is 1. The highest BCUT2D eigenvalue weighted by atomic mass is 16.4. The molecule has 4 aromatic rings. The van der Waals surface area contributed by atoms with Crippen molar-refractivity contribution in [3.8, 4) is 5.69 Å². The van der Waals surface area contributed by atoms with E-state index in [-0.39, 0.29) is 11.9 Å². The van der Waals surface area contributed by atoms with Crippen molar-refractivity contribution in [2.45, 2.75) is 19.4 Å². The molecule has 2 fully saturated rings. The third kappa shape index (κ3) is 3.13. The molecule has 1 saturated carbocycles. The third-order valence-corrected chi connectivity index (χ3v) is 6.21. The summed E-state index contributed by atoms with van der Waals surface area (Å²) in [4.78, 5) is 25.7. The van der Waals surface area contributed by atoms with Gasteiger partial charge in [0.1, 0.15) is 5.52 Å². The largest absolute Gasteiger partial charge is 0.404 e. The molecular weight excluding hydrogens is 394 g/mol. The minimum absolute atomic E-state index is 0.00855. The van der Waals surface area contributed by atoms with Crippen molar-refractivity contribution in [2.24, 2.45) is 11.8 Å². The van der Waals surface area contributed by atoms with E-state index in [9.17, 15) is 4.79 Å². The number of hydrogen-bond donors (Lipinski definition) is 1. The quantitative estimate of drug-likeness (QED) is 0.535. The number of hydrogen-bond acceptors (Lipinski definition) is 7. The summed E-state index contributed by atoms with van der Waals surface area (Å²) in [6.45, 7) is 3.34. The molecule has 0 radical (unpaired) electrons. The highest BCUT2D eigenvalue weighted by molar-refractivity contribution is 5.98. The second-order valence-electron chi connectivity index (χ2n) is 8.25. The van der Waals surface area contributed by atoms with E-state index in [1.165, 1.54) is 4.80 Å². The van der Waals surface area contributed by atoms with E-state index in [2.05, 4.69) is 25.5 Å². The van der Waals surface area contributed by atoms with Crippen molar-refractivity contribution in [3.05, 3.63) is 60.0 Å². The van der Waals surface area contributed by atoms with Crippen LogP contribution >= 0.6 is 0 Å². The SMILES string of the molecule is Cc1ccc(-n2nccn2)c(C(=O)N2C[C@H]3C[C@H]3[C@H]2CNc2nc3cccnc3o2)c1. The molecule has 3 aromatic heterocycles. The third-order valence-electron chi connectivity index (χ3n) is 6.21. The number of piperidine rings is 1. The highest BCUT2D eigenvalue weighted by Gasteiger charge is 2.54. The number of aromatic nitrogens is 5. The van der Waals surface area contributed by atoms with E-state index in [0.29, 0.717) is 46.9 Å². The van der Waals surface area contributed by atoms with E-state index in [1.54, 1.807) is 18.6 Å². The Morgan fingerprint density at radius 3 is 2.94 bits per heavy atom. The molecule has 4 heterocycles. The van der Waals surface area contributed by atoms with Crippen LogP contribution in [0.25, 0.3) is 16.9 Å². The fraction of sp³-hybridized carbons (Fsp3) is 0.318. The zero-order valence-corrected chi connectivity index (χ0v) is 17.0. The monoisotopic (exact) mass is 415 g/mol. The summed E-state index contributed by atoms with van der Waals surface area (Å²) in [5.74, 6) is 1.08. The molecular formula is C22H21N7O2. The second kappa shape index (κ2) is 6.90. The summed E-state index contributed by atoms with van der Waals surface area (Å²) in [6, 6.07) is 10.00. The van der Waals surface area contributed by atoms with Crippen LogP contribution in [0.15, 0.2) is 53.3 Å². The Morgan fingerprint density at radius 2 is 2.10 bits per heavy atom. The Morgan fingerprint density at radius 1 is 1.23 bits per heavy atom. The summed E-state index contributed by atoms with van der Waals surface area (Å²) in [5, 5.41) is 11.7. The highest BCUT2D eigenvalue weighted by Crippen LogP contribution is 2.50. The fourth-order valence-corrected chi connectivity index (χ4v) is 4.59. The lowest BCUT2D eigenvalue weighted by atomic mass is 10.1. The topological polar surface area (TPSA) is 102 Å². The maximum absolute atomic E-state index is 13.6. The average Bonchev–Trinajstić information content (AvgIpc) is 3.17. The van der Waals surface area contributed by atoms with Gasteiger partial charge in [-0.2, -0.15) is 20.0 Å². The van der Waals surface area contributed by atoms with Crippen molar-refractivity contribution in [1.29, 1.82) is 0 Å². The van der Waals surface area contributed by atoms with Crippen LogP contribution in [0.2, 0.25) is 0 Å². The number of carbonyl (C=O) groups is 1. The van der Waals surface area contributed by atoms with Gasteiger partial charge >= 0.3 is 0 Å². The molecule has 1 aromatic carbocycles. The van der Waals surface area contributed by atoms with Gasteiger partial charge in [-0.1, -0.05) is 11.6 Å². The normalized spacial score (nSPS) is 22.0. The Balaban J connectivity index is 1.26. The maximum atomic E-state index is 13.6. The lowest BCUT2D eigenvalue weighted by molar-refractivity contribution is 0.0714. The molecule has 0 bridgehead atoms. The van der Waals surface area contributed by atoms with Crippen LogP contribution in [-0.2, 0) is 0 Å². The van der Waals surface area contributed by atoms with Crippen LogP contribution in [-0.4, -0.2) is 54.9 Å². The number of oxazole rings is 1.